The van der Waals surface area contributed by atoms with Crippen molar-refractivity contribution in [1.82, 2.24) is 10.3 Å². The van der Waals surface area contributed by atoms with Gasteiger partial charge in [-0.15, -0.1) is 0 Å². The number of nitriles is 1. The second-order valence-corrected chi connectivity index (χ2v) is 4.42. The highest BCUT2D eigenvalue weighted by molar-refractivity contribution is 5.94. The van der Waals surface area contributed by atoms with Gasteiger partial charge in [-0.05, 0) is 31.9 Å². The summed E-state index contributed by atoms with van der Waals surface area (Å²) < 4.78 is 0. The number of anilines is 1. The van der Waals surface area contributed by atoms with Gasteiger partial charge in [-0.3, -0.25) is 4.79 Å². The molecule has 1 atom stereocenters. The van der Waals surface area contributed by atoms with E-state index in [-0.39, 0.29) is 5.91 Å². The van der Waals surface area contributed by atoms with Crippen molar-refractivity contribution in [3.8, 4) is 6.07 Å². The Balaban J connectivity index is 2.03. The predicted molar refractivity (Wildman–Crippen MR) is 68.2 cm³/mol. The molecule has 18 heavy (non-hydrogen) atoms. The fourth-order valence-corrected chi connectivity index (χ4v) is 1.97. The molecule has 0 radical (unpaired) electrons. The van der Waals surface area contributed by atoms with E-state index in [9.17, 15) is 4.79 Å². The Bertz CT molecular complexity index is 457. The van der Waals surface area contributed by atoms with Gasteiger partial charge in [0.25, 0.3) is 5.91 Å². The molecule has 1 aliphatic rings. The normalized spacial score (nSPS) is 16.1. The number of carbonyl (C=O) groups excluding carboxylic acids is 1. The molecule has 1 fully saturated rings. The van der Waals surface area contributed by atoms with Crippen LogP contribution in [0.5, 0.6) is 0 Å². The van der Waals surface area contributed by atoms with Crippen molar-refractivity contribution in [2.45, 2.75) is 25.8 Å². The first kappa shape index (κ1) is 12.4. The molecule has 0 bridgehead atoms. The van der Waals surface area contributed by atoms with Crippen LogP contribution >= 0.6 is 0 Å². The molecular formula is C13H16N4O. The van der Waals surface area contributed by atoms with Gasteiger partial charge in [0.2, 0.25) is 0 Å². The third-order valence-electron chi connectivity index (χ3n) is 2.98. The second-order valence-electron chi connectivity index (χ2n) is 4.42. The standard InChI is InChI=1S/C13H16N4O/c1-10(8-14)16-13(18)11-4-5-12(15-9-11)17-6-2-3-7-17/h4-5,9-10H,2-3,6-7H2,1H3,(H,16,18)/t10-/m1/s1. The Labute approximate surface area is 106 Å². The number of pyridine rings is 1. The van der Waals surface area contributed by atoms with Crippen LogP contribution in [-0.4, -0.2) is 30.0 Å². The summed E-state index contributed by atoms with van der Waals surface area (Å²) >= 11 is 0. The first-order valence-electron chi connectivity index (χ1n) is 6.12. The summed E-state index contributed by atoms with van der Waals surface area (Å²) in [4.78, 5) is 18.2. The Hall–Kier alpha value is -2.09. The maximum absolute atomic E-state index is 11.7. The molecule has 5 nitrogen and oxygen atoms in total. The van der Waals surface area contributed by atoms with E-state index in [1.54, 1.807) is 19.2 Å². The Kier molecular flexibility index (Phi) is 3.78. The molecule has 1 N–H and O–H groups in total. The van der Waals surface area contributed by atoms with Crippen molar-refractivity contribution >= 4 is 11.7 Å². The first-order valence-corrected chi connectivity index (χ1v) is 6.12. The maximum Gasteiger partial charge on any atom is 0.253 e. The number of amides is 1. The van der Waals surface area contributed by atoms with Crippen molar-refractivity contribution in [3.63, 3.8) is 0 Å². The van der Waals surface area contributed by atoms with E-state index in [1.807, 2.05) is 12.1 Å². The van der Waals surface area contributed by atoms with Gasteiger partial charge >= 0.3 is 0 Å². The summed E-state index contributed by atoms with van der Waals surface area (Å²) in [5, 5.41) is 11.2. The molecule has 94 valence electrons. The van der Waals surface area contributed by atoms with E-state index in [0.717, 1.165) is 18.9 Å². The largest absolute Gasteiger partial charge is 0.357 e. The highest BCUT2D eigenvalue weighted by atomic mass is 16.1. The lowest BCUT2D eigenvalue weighted by Gasteiger charge is -2.16. The van der Waals surface area contributed by atoms with Gasteiger partial charge in [-0.25, -0.2) is 4.98 Å². The molecular weight excluding hydrogens is 228 g/mol. The lowest BCUT2D eigenvalue weighted by atomic mass is 10.2. The van der Waals surface area contributed by atoms with E-state index in [2.05, 4.69) is 15.2 Å². The summed E-state index contributed by atoms with van der Waals surface area (Å²) in [6.45, 7) is 3.71. The zero-order valence-electron chi connectivity index (χ0n) is 10.4. The van der Waals surface area contributed by atoms with E-state index >= 15 is 0 Å². The van der Waals surface area contributed by atoms with Crippen molar-refractivity contribution < 1.29 is 4.79 Å². The number of nitrogens with zero attached hydrogens (tertiary/aromatic N) is 3. The summed E-state index contributed by atoms with van der Waals surface area (Å²) in [5.41, 5.74) is 0.486. The van der Waals surface area contributed by atoms with Gasteiger partial charge in [0.05, 0.1) is 11.6 Å². The maximum atomic E-state index is 11.7. The molecule has 5 heteroatoms. The highest BCUT2D eigenvalue weighted by Crippen LogP contribution is 2.17. The number of aromatic nitrogens is 1. The molecule has 2 rings (SSSR count). The van der Waals surface area contributed by atoms with Crippen LogP contribution in [0.1, 0.15) is 30.1 Å². The second kappa shape index (κ2) is 5.50. The van der Waals surface area contributed by atoms with Gasteiger partial charge in [0, 0.05) is 19.3 Å². The van der Waals surface area contributed by atoms with Gasteiger partial charge in [0.15, 0.2) is 0 Å². The average Bonchev–Trinajstić information content (AvgIpc) is 2.92. The summed E-state index contributed by atoms with van der Waals surface area (Å²) in [5.74, 6) is 0.655. The van der Waals surface area contributed by atoms with Crippen molar-refractivity contribution in [2.24, 2.45) is 0 Å². The first-order chi connectivity index (χ1) is 8.70. The number of rotatable bonds is 3. The summed E-state index contributed by atoms with van der Waals surface area (Å²) in [6.07, 6.45) is 3.96. The molecule has 1 amide bonds. The Morgan fingerprint density at radius 3 is 2.78 bits per heavy atom. The van der Waals surface area contributed by atoms with Crippen LogP contribution in [0, 0.1) is 11.3 Å². The van der Waals surface area contributed by atoms with E-state index < -0.39 is 6.04 Å². The van der Waals surface area contributed by atoms with Gasteiger partial charge in [-0.2, -0.15) is 5.26 Å². The molecule has 1 aromatic rings. The van der Waals surface area contributed by atoms with E-state index in [1.165, 1.54) is 12.8 Å². The number of nitrogens with one attached hydrogen (secondary N) is 1. The molecule has 2 heterocycles. The third kappa shape index (κ3) is 2.77. The molecule has 0 aromatic carbocycles. The number of carbonyl (C=O) groups is 1. The molecule has 1 aliphatic heterocycles. The van der Waals surface area contributed by atoms with Crippen LogP contribution < -0.4 is 10.2 Å². The fraction of sp³-hybridized carbons (Fsp3) is 0.462. The van der Waals surface area contributed by atoms with Crippen LogP contribution in [0.15, 0.2) is 18.3 Å². The van der Waals surface area contributed by atoms with E-state index in [4.69, 9.17) is 5.26 Å². The topological polar surface area (TPSA) is 69.0 Å². The minimum absolute atomic E-state index is 0.260. The molecule has 1 aromatic heterocycles. The molecule has 0 unspecified atom stereocenters. The minimum Gasteiger partial charge on any atom is -0.357 e. The number of hydrogen-bond acceptors (Lipinski definition) is 4. The van der Waals surface area contributed by atoms with Crippen LogP contribution in [0.3, 0.4) is 0 Å². The quantitative estimate of drug-likeness (QED) is 0.870. The van der Waals surface area contributed by atoms with Crippen molar-refractivity contribution in [1.29, 1.82) is 5.26 Å². The lowest BCUT2D eigenvalue weighted by Crippen LogP contribution is -2.31. The molecule has 0 saturated carbocycles. The summed E-state index contributed by atoms with van der Waals surface area (Å²) in [7, 11) is 0. The SMILES string of the molecule is C[C@H](C#N)NC(=O)c1ccc(N2CCCC2)nc1. The van der Waals surface area contributed by atoms with E-state index in [0.29, 0.717) is 5.56 Å². The zero-order valence-corrected chi connectivity index (χ0v) is 10.4. The Morgan fingerprint density at radius 1 is 1.50 bits per heavy atom. The van der Waals surface area contributed by atoms with Crippen LogP contribution in [0.2, 0.25) is 0 Å². The highest BCUT2D eigenvalue weighted by Gasteiger charge is 2.14. The fourth-order valence-electron chi connectivity index (χ4n) is 1.97. The van der Waals surface area contributed by atoms with Crippen molar-refractivity contribution in [2.75, 3.05) is 18.0 Å². The predicted octanol–water partition coefficient (Wildman–Crippen LogP) is 1.32. The van der Waals surface area contributed by atoms with Crippen LogP contribution in [0.25, 0.3) is 0 Å². The summed E-state index contributed by atoms with van der Waals surface area (Å²) in [6, 6.07) is 5.08. The zero-order chi connectivity index (χ0) is 13.0. The van der Waals surface area contributed by atoms with Crippen LogP contribution in [-0.2, 0) is 0 Å². The average molecular weight is 244 g/mol. The molecule has 0 spiro atoms. The number of hydrogen-bond donors (Lipinski definition) is 1. The van der Waals surface area contributed by atoms with Gasteiger partial charge < -0.3 is 10.2 Å². The monoisotopic (exact) mass is 244 g/mol. The molecule has 0 aliphatic carbocycles. The molecule has 1 saturated heterocycles. The smallest absolute Gasteiger partial charge is 0.253 e. The van der Waals surface area contributed by atoms with Crippen LogP contribution in [0.4, 0.5) is 5.82 Å². The van der Waals surface area contributed by atoms with Gasteiger partial charge in [-0.1, -0.05) is 0 Å². The van der Waals surface area contributed by atoms with Crippen molar-refractivity contribution in [3.05, 3.63) is 23.9 Å². The minimum atomic E-state index is -0.490. The Morgan fingerprint density at radius 2 is 2.22 bits per heavy atom. The third-order valence-corrected chi connectivity index (χ3v) is 2.98. The lowest BCUT2D eigenvalue weighted by molar-refractivity contribution is 0.0947. The van der Waals surface area contributed by atoms with Gasteiger partial charge in [0.1, 0.15) is 11.9 Å².